The Labute approximate surface area is 103 Å². The van der Waals surface area contributed by atoms with Crippen LogP contribution in [-0.2, 0) is 25.4 Å². The number of rotatable bonds is 8. The molecule has 0 bridgehead atoms. The van der Waals surface area contributed by atoms with Gasteiger partial charge in [-0.25, -0.2) is 4.57 Å². The molecule has 0 fully saturated rings. The van der Waals surface area contributed by atoms with Gasteiger partial charge in [0.25, 0.3) is 0 Å². The fourth-order valence-electron chi connectivity index (χ4n) is 0.760. The van der Waals surface area contributed by atoms with Crippen LogP contribution < -0.4 is 0 Å². The molecule has 0 saturated carbocycles. The van der Waals surface area contributed by atoms with E-state index in [-0.39, 0.29) is 26.1 Å². The second-order valence-corrected chi connectivity index (χ2v) is 8.30. The third-order valence-corrected chi connectivity index (χ3v) is 3.12. The highest BCUT2D eigenvalue weighted by Gasteiger charge is 2.14. The van der Waals surface area contributed by atoms with Crippen LogP contribution in [0.15, 0.2) is 0 Å². The summed E-state index contributed by atoms with van der Waals surface area (Å²) in [6.45, 7) is -7.74. The van der Waals surface area contributed by atoms with Crippen molar-refractivity contribution in [3.8, 4) is 0 Å². The summed E-state index contributed by atoms with van der Waals surface area (Å²) in [6, 6.07) is 0. The van der Waals surface area contributed by atoms with Crippen LogP contribution in [0.1, 0.15) is 12.8 Å². The topological polar surface area (TPSA) is 116 Å². The maximum absolute atomic E-state index is 10.6. The average Bonchev–Trinajstić information content (AvgIpc) is 1.98. The molecule has 0 saturated heterocycles. The largest absolute Gasteiger partial charge is 0.393 e. The van der Waals surface area contributed by atoms with Gasteiger partial charge in [0, 0.05) is 0 Å². The highest BCUT2D eigenvalue weighted by atomic mass is 32.7. The lowest BCUT2D eigenvalue weighted by atomic mass is 10.2. The standard InChI is InChI=1S/C5H14O7P2S2/c6-5(1-3-11-13(7,8)15)2-4-12-14(9,10)16/h5-6H,1-4H2,(H2,7,8,15)(H2,9,10,16). The van der Waals surface area contributed by atoms with Gasteiger partial charge < -0.3 is 28.8 Å². The van der Waals surface area contributed by atoms with Gasteiger partial charge in [-0.1, -0.05) is 12.2 Å². The summed E-state index contributed by atoms with van der Waals surface area (Å²) >= 11 is 7.46. The van der Waals surface area contributed by atoms with Gasteiger partial charge in [0.1, 0.15) is 0 Å². The van der Waals surface area contributed by atoms with Crippen LogP contribution in [0.3, 0.4) is 0 Å². The third kappa shape index (κ3) is 13.1. The molecule has 0 spiro atoms. The van der Waals surface area contributed by atoms with Crippen LogP contribution in [0.4, 0.5) is 0 Å². The Morgan fingerprint density at radius 2 is 1.62 bits per heavy atom. The molecule has 16 heavy (non-hydrogen) atoms. The summed E-state index contributed by atoms with van der Waals surface area (Å²) in [6.07, 6.45) is -0.624. The van der Waals surface area contributed by atoms with Gasteiger partial charge in [-0.15, -0.1) is 0 Å². The number of aliphatic hydroxyl groups excluding tert-OH is 1. The zero-order valence-electron chi connectivity index (χ0n) is 8.17. The van der Waals surface area contributed by atoms with E-state index in [9.17, 15) is 9.67 Å². The van der Waals surface area contributed by atoms with Gasteiger partial charge in [-0.2, -0.15) is 0 Å². The molecule has 0 aliphatic heterocycles. The van der Waals surface area contributed by atoms with Gasteiger partial charge in [-0.05, 0) is 24.6 Å². The van der Waals surface area contributed by atoms with Crippen molar-refractivity contribution in [2.24, 2.45) is 0 Å². The molecule has 2 unspecified atom stereocenters. The van der Waals surface area contributed by atoms with E-state index in [4.69, 9.17) is 14.7 Å². The van der Waals surface area contributed by atoms with E-state index < -0.39 is 19.6 Å². The van der Waals surface area contributed by atoms with Gasteiger partial charge in [-0.3, -0.25) is 0 Å². The van der Waals surface area contributed by atoms with Gasteiger partial charge in [0.05, 0.1) is 19.3 Å². The Kier molecular flexibility index (Phi) is 7.89. The van der Waals surface area contributed by atoms with E-state index in [1.165, 1.54) is 0 Å². The summed E-state index contributed by atoms with van der Waals surface area (Å²) in [5.74, 6) is 0. The maximum atomic E-state index is 10.6. The second-order valence-electron chi connectivity index (χ2n) is 2.88. The second kappa shape index (κ2) is 7.43. The van der Waals surface area contributed by atoms with E-state index in [0.29, 0.717) is 0 Å². The van der Waals surface area contributed by atoms with Crippen molar-refractivity contribution in [1.82, 2.24) is 0 Å². The van der Waals surface area contributed by atoms with Crippen molar-refractivity contribution < 1.29 is 33.4 Å². The minimum absolute atomic E-state index is 0.105. The molecule has 7 nitrogen and oxygen atoms in total. The van der Waals surface area contributed by atoms with Crippen LogP contribution in [0, 0.1) is 0 Å². The molecule has 0 aromatic rings. The lowest BCUT2D eigenvalue weighted by Gasteiger charge is -2.13. The van der Waals surface area contributed by atoms with E-state index in [2.05, 4.69) is 33.1 Å². The van der Waals surface area contributed by atoms with Gasteiger partial charge in [0.15, 0.2) is 0 Å². The maximum Gasteiger partial charge on any atom is 0.383 e. The van der Waals surface area contributed by atoms with E-state index >= 15 is 0 Å². The summed E-state index contributed by atoms with van der Waals surface area (Å²) in [4.78, 5) is 26.0. The fourth-order valence-corrected chi connectivity index (χ4v) is 1.91. The van der Waals surface area contributed by atoms with E-state index in [0.717, 1.165) is 0 Å². The lowest BCUT2D eigenvalue weighted by Crippen LogP contribution is -2.12. The fraction of sp³-hybridized carbons (Fsp3) is 1.00. The molecule has 0 amide bonds. The SMILES string of the molecule is O=P(O)(S)OCCC(O)CCOP(O)(O)=S. The summed E-state index contributed by atoms with van der Waals surface area (Å²) in [5, 5.41) is 9.30. The van der Waals surface area contributed by atoms with Crippen LogP contribution in [0.5, 0.6) is 0 Å². The summed E-state index contributed by atoms with van der Waals surface area (Å²) in [5.41, 5.74) is 0. The smallest absolute Gasteiger partial charge is 0.383 e. The molecule has 11 heteroatoms. The first kappa shape index (κ1) is 17.0. The molecular formula is C5H14O7P2S2. The lowest BCUT2D eigenvalue weighted by molar-refractivity contribution is 0.108. The molecule has 2 atom stereocenters. The molecule has 0 aliphatic carbocycles. The Morgan fingerprint density at radius 1 is 1.19 bits per heavy atom. The van der Waals surface area contributed by atoms with Gasteiger partial charge in [0.2, 0.25) is 0 Å². The normalized spacial score (nSPS) is 18.1. The first-order valence-corrected chi connectivity index (χ1v) is 9.54. The predicted octanol–water partition coefficient (Wildman–Crippen LogP) is 0.400. The predicted molar refractivity (Wildman–Crippen MR) is 64.7 cm³/mol. The van der Waals surface area contributed by atoms with Gasteiger partial charge >= 0.3 is 13.5 Å². The molecule has 4 N–H and O–H groups in total. The Morgan fingerprint density at radius 3 is 2.00 bits per heavy atom. The van der Waals surface area contributed by atoms with Crippen molar-refractivity contribution in [3.05, 3.63) is 0 Å². The zero-order valence-corrected chi connectivity index (χ0v) is 11.7. The Balaban J connectivity index is 3.57. The van der Waals surface area contributed by atoms with Crippen LogP contribution in [0.25, 0.3) is 0 Å². The molecular weight excluding hydrogens is 298 g/mol. The monoisotopic (exact) mass is 312 g/mol. The molecule has 0 aliphatic rings. The first-order valence-electron chi connectivity index (χ1n) is 4.18. The molecule has 0 radical (unpaired) electrons. The Bertz CT molecular complexity index is 259. The summed E-state index contributed by atoms with van der Waals surface area (Å²) < 4.78 is 19.4. The minimum Gasteiger partial charge on any atom is -0.393 e. The third-order valence-electron chi connectivity index (χ3n) is 1.42. The first-order chi connectivity index (χ1) is 7.10. The zero-order chi connectivity index (χ0) is 12.8. The molecule has 0 rings (SSSR count). The van der Waals surface area contributed by atoms with Crippen LogP contribution in [-0.4, -0.2) is 39.1 Å². The Hall–Kier alpha value is 0.990. The minimum atomic E-state index is -3.81. The molecule has 98 valence electrons. The number of hydrogen-bond donors (Lipinski definition) is 5. The number of hydrogen-bond acceptors (Lipinski definition) is 5. The van der Waals surface area contributed by atoms with E-state index in [1.807, 2.05) is 0 Å². The molecule has 0 aromatic carbocycles. The van der Waals surface area contributed by atoms with Crippen molar-refractivity contribution in [2.75, 3.05) is 13.2 Å². The van der Waals surface area contributed by atoms with Crippen molar-refractivity contribution >= 4 is 37.6 Å². The summed E-state index contributed by atoms with van der Waals surface area (Å²) in [7, 11) is 0. The van der Waals surface area contributed by atoms with Crippen LogP contribution >= 0.6 is 25.8 Å². The molecule has 0 heterocycles. The van der Waals surface area contributed by atoms with E-state index in [1.54, 1.807) is 0 Å². The molecule has 0 aromatic heterocycles. The van der Waals surface area contributed by atoms with Crippen molar-refractivity contribution in [1.29, 1.82) is 0 Å². The van der Waals surface area contributed by atoms with Crippen molar-refractivity contribution in [2.45, 2.75) is 18.9 Å². The quantitative estimate of drug-likeness (QED) is 0.323. The number of aliphatic hydroxyl groups is 1. The number of thiol groups is 1. The highest BCUT2D eigenvalue weighted by molar-refractivity contribution is 8.44. The van der Waals surface area contributed by atoms with Crippen LogP contribution in [0.2, 0.25) is 0 Å². The van der Waals surface area contributed by atoms with Crippen molar-refractivity contribution in [3.63, 3.8) is 0 Å². The highest BCUT2D eigenvalue weighted by Crippen LogP contribution is 2.46. The average molecular weight is 312 g/mol.